The maximum absolute atomic E-state index is 5.18. The van der Waals surface area contributed by atoms with E-state index >= 15 is 0 Å². The van der Waals surface area contributed by atoms with Crippen LogP contribution in [-0.4, -0.2) is 24.1 Å². The second-order valence-electron chi connectivity index (χ2n) is 4.07. The highest BCUT2D eigenvalue weighted by Crippen LogP contribution is 2.27. The van der Waals surface area contributed by atoms with Gasteiger partial charge in [-0.25, -0.2) is 4.98 Å². The quantitative estimate of drug-likeness (QED) is 0.899. The van der Waals surface area contributed by atoms with Crippen molar-refractivity contribution in [3.63, 3.8) is 0 Å². The summed E-state index contributed by atoms with van der Waals surface area (Å²) in [5, 5.41) is 4.11. The number of nitrogens with zero attached hydrogens (tertiary/aromatic N) is 2. The molecule has 2 aromatic rings. The lowest BCUT2D eigenvalue weighted by Crippen LogP contribution is -2.06. The minimum absolute atomic E-state index is 0.541. The summed E-state index contributed by atoms with van der Waals surface area (Å²) in [4.78, 5) is 10.2. The summed E-state index contributed by atoms with van der Waals surface area (Å²) in [5.41, 5.74) is 3.12. The van der Waals surface area contributed by atoms with Gasteiger partial charge in [-0.15, -0.1) is 11.3 Å². The van der Waals surface area contributed by atoms with Gasteiger partial charge in [-0.3, -0.25) is 4.98 Å². The van der Waals surface area contributed by atoms with Gasteiger partial charge in [0.25, 0.3) is 0 Å². The largest absolute Gasteiger partial charge is 0.378 e. The van der Waals surface area contributed by atoms with Crippen molar-refractivity contribution in [3.8, 4) is 10.7 Å². The van der Waals surface area contributed by atoms with Crippen LogP contribution >= 0.6 is 11.3 Å². The van der Waals surface area contributed by atoms with E-state index in [4.69, 9.17) is 4.74 Å². The van der Waals surface area contributed by atoms with Crippen LogP contribution in [0.15, 0.2) is 18.3 Å². The Morgan fingerprint density at radius 3 is 2.94 bits per heavy atom. The third-order valence-corrected chi connectivity index (χ3v) is 3.65. The van der Waals surface area contributed by atoms with Crippen LogP contribution in [0.2, 0.25) is 0 Å². The average molecular weight is 263 g/mol. The number of hydrogen-bond acceptors (Lipinski definition) is 5. The number of pyridine rings is 1. The molecule has 0 fully saturated rings. The van der Waals surface area contributed by atoms with Gasteiger partial charge in [-0.1, -0.05) is 0 Å². The van der Waals surface area contributed by atoms with Gasteiger partial charge < -0.3 is 10.1 Å². The zero-order valence-corrected chi connectivity index (χ0v) is 11.7. The predicted molar refractivity (Wildman–Crippen MR) is 73.6 cm³/mol. The number of rotatable bonds is 5. The first-order chi connectivity index (χ1) is 8.74. The van der Waals surface area contributed by atoms with E-state index in [0.29, 0.717) is 6.61 Å². The van der Waals surface area contributed by atoms with Gasteiger partial charge in [0.2, 0.25) is 0 Å². The molecule has 0 atom stereocenters. The van der Waals surface area contributed by atoms with Crippen LogP contribution in [0, 0.1) is 6.92 Å². The molecule has 4 nitrogen and oxygen atoms in total. The monoisotopic (exact) mass is 263 g/mol. The van der Waals surface area contributed by atoms with Crippen LogP contribution in [0.3, 0.4) is 0 Å². The lowest BCUT2D eigenvalue weighted by atomic mass is 10.2. The standard InChI is InChI=1S/C13H17N3OS/c1-9-4-5-15-10(6-9)13-16-11(8-17-3)12(18-13)7-14-2/h4-6,14H,7-8H2,1-3H3. The van der Waals surface area contributed by atoms with Crippen LogP contribution in [0.25, 0.3) is 10.7 Å². The molecule has 0 aromatic carbocycles. The number of nitrogens with one attached hydrogen (secondary N) is 1. The highest BCUT2D eigenvalue weighted by Gasteiger charge is 2.12. The lowest BCUT2D eigenvalue weighted by Gasteiger charge is -1.98. The average Bonchev–Trinajstić information content (AvgIpc) is 2.74. The molecule has 18 heavy (non-hydrogen) atoms. The Labute approximate surface area is 111 Å². The Hall–Kier alpha value is -1.30. The van der Waals surface area contributed by atoms with Gasteiger partial charge in [-0.2, -0.15) is 0 Å². The van der Waals surface area contributed by atoms with E-state index in [1.807, 2.05) is 19.3 Å². The Balaban J connectivity index is 2.36. The van der Waals surface area contributed by atoms with Crippen LogP contribution in [0.4, 0.5) is 0 Å². The molecule has 2 heterocycles. The zero-order chi connectivity index (χ0) is 13.0. The van der Waals surface area contributed by atoms with E-state index in [1.54, 1.807) is 18.4 Å². The molecule has 0 aliphatic heterocycles. The molecular weight excluding hydrogens is 246 g/mol. The normalized spacial score (nSPS) is 10.8. The molecule has 0 aliphatic carbocycles. The topological polar surface area (TPSA) is 47.0 Å². The third kappa shape index (κ3) is 2.93. The molecule has 0 saturated carbocycles. The summed E-state index contributed by atoms with van der Waals surface area (Å²) in [6, 6.07) is 4.04. The molecule has 5 heteroatoms. The maximum Gasteiger partial charge on any atom is 0.142 e. The second-order valence-corrected chi connectivity index (χ2v) is 5.15. The molecule has 0 amide bonds. The molecule has 96 valence electrons. The summed E-state index contributed by atoms with van der Waals surface area (Å²) in [5.74, 6) is 0. The second kappa shape index (κ2) is 6.04. The van der Waals surface area contributed by atoms with Crippen molar-refractivity contribution in [1.82, 2.24) is 15.3 Å². The van der Waals surface area contributed by atoms with E-state index in [1.165, 1.54) is 10.4 Å². The molecule has 0 aliphatic rings. The summed E-state index contributed by atoms with van der Waals surface area (Å²) in [6.07, 6.45) is 1.82. The minimum Gasteiger partial charge on any atom is -0.378 e. The van der Waals surface area contributed by atoms with E-state index in [-0.39, 0.29) is 0 Å². The van der Waals surface area contributed by atoms with Gasteiger partial charge in [0.1, 0.15) is 5.01 Å². The maximum atomic E-state index is 5.18. The number of ether oxygens (including phenoxy) is 1. The van der Waals surface area contributed by atoms with Gasteiger partial charge >= 0.3 is 0 Å². The first-order valence-corrected chi connectivity index (χ1v) is 6.61. The number of aryl methyl sites for hydroxylation is 1. The summed E-state index contributed by atoms with van der Waals surface area (Å²) in [7, 11) is 3.62. The van der Waals surface area contributed by atoms with Crippen LogP contribution < -0.4 is 5.32 Å². The SMILES string of the molecule is CNCc1sc(-c2cc(C)ccn2)nc1COC. The number of methoxy groups -OCH3 is 1. The summed E-state index contributed by atoms with van der Waals surface area (Å²) >= 11 is 1.67. The van der Waals surface area contributed by atoms with Crippen molar-refractivity contribution < 1.29 is 4.74 Å². The van der Waals surface area contributed by atoms with E-state index in [0.717, 1.165) is 22.9 Å². The lowest BCUT2D eigenvalue weighted by molar-refractivity contribution is 0.181. The van der Waals surface area contributed by atoms with Gasteiger partial charge in [0.15, 0.2) is 0 Å². The van der Waals surface area contributed by atoms with E-state index < -0.39 is 0 Å². The van der Waals surface area contributed by atoms with Crippen molar-refractivity contribution >= 4 is 11.3 Å². The Kier molecular flexibility index (Phi) is 4.41. The highest BCUT2D eigenvalue weighted by molar-refractivity contribution is 7.15. The Morgan fingerprint density at radius 1 is 1.44 bits per heavy atom. The first-order valence-electron chi connectivity index (χ1n) is 5.79. The van der Waals surface area contributed by atoms with Crippen LogP contribution in [0.1, 0.15) is 16.1 Å². The van der Waals surface area contributed by atoms with Crippen molar-refractivity contribution in [1.29, 1.82) is 0 Å². The van der Waals surface area contributed by atoms with Crippen molar-refractivity contribution in [3.05, 3.63) is 34.5 Å². The van der Waals surface area contributed by atoms with Crippen molar-refractivity contribution in [2.24, 2.45) is 0 Å². The highest BCUT2D eigenvalue weighted by atomic mass is 32.1. The van der Waals surface area contributed by atoms with Gasteiger partial charge in [-0.05, 0) is 31.7 Å². The molecule has 2 aromatic heterocycles. The fourth-order valence-electron chi connectivity index (χ4n) is 1.69. The van der Waals surface area contributed by atoms with Crippen molar-refractivity contribution in [2.75, 3.05) is 14.2 Å². The Bertz CT molecular complexity index is 501. The molecular formula is C13H17N3OS. The smallest absolute Gasteiger partial charge is 0.142 e. The number of thiazole rings is 1. The molecule has 2 rings (SSSR count). The molecule has 0 unspecified atom stereocenters. The Morgan fingerprint density at radius 2 is 2.28 bits per heavy atom. The molecule has 0 saturated heterocycles. The van der Waals surface area contributed by atoms with E-state index in [9.17, 15) is 0 Å². The predicted octanol–water partition coefficient (Wildman–Crippen LogP) is 2.38. The van der Waals surface area contributed by atoms with E-state index in [2.05, 4.69) is 28.3 Å². The first kappa shape index (κ1) is 13.1. The van der Waals surface area contributed by atoms with Crippen molar-refractivity contribution in [2.45, 2.75) is 20.1 Å². The molecule has 0 radical (unpaired) electrons. The third-order valence-electron chi connectivity index (χ3n) is 2.53. The van der Waals surface area contributed by atoms with Gasteiger partial charge in [0.05, 0.1) is 18.0 Å². The fourth-order valence-corrected chi connectivity index (χ4v) is 2.74. The molecule has 0 spiro atoms. The molecule has 1 N–H and O–H groups in total. The minimum atomic E-state index is 0.541. The number of aromatic nitrogens is 2. The zero-order valence-electron chi connectivity index (χ0n) is 10.9. The summed E-state index contributed by atoms with van der Waals surface area (Å²) < 4.78 is 5.18. The van der Waals surface area contributed by atoms with Gasteiger partial charge in [0, 0.05) is 24.7 Å². The van der Waals surface area contributed by atoms with Crippen LogP contribution in [0.5, 0.6) is 0 Å². The summed E-state index contributed by atoms with van der Waals surface area (Å²) in [6.45, 7) is 3.41. The number of hydrogen-bond donors (Lipinski definition) is 1. The van der Waals surface area contributed by atoms with Crippen LogP contribution in [-0.2, 0) is 17.9 Å². The molecule has 0 bridgehead atoms. The fraction of sp³-hybridized carbons (Fsp3) is 0.385.